The third-order valence-electron chi connectivity index (χ3n) is 6.33. The molecule has 8 heteroatoms. The summed E-state index contributed by atoms with van der Waals surface area (Å²) < 4.78 is 20.2. The molecule has 0 aliphatic carbocycles. The van der Waals surface area contributed by atoms with Crippen LogP contribution in [0.4, 0.5) is 4.39 Å². The molecule has 3 aromatic rings. The average Bonchev–Trinajstić information content (AvgIpc) is 3.31. The zero-order valence-corrected chi connectivity index (χ0v) is 22.2. The van der Waals surface area contributed by atoms with E-state index in [0.717, 1.165) is 11.1 Å². The number of aromatic nitrogens is 1. The van der Waals surface area contributed by atoms with E-state index in [0.29, 0.717) is 22.1 Å². The zero-order chi connectivity index (χ0) is 25.9. The van der Waals surface area contributed by atoms with Crippen molar-refractivity contribution in [1.82, 2.24) is 10.3 Å². The van der Waals surface area contributed by atoms with Crippen molar-refractivity contribution in [3.8, 4) is 11.3 Å². The van der Waals surface area contributed by atoms with Crippen molar-refractivity contribution in [2.24, 2.45) is 0 Å². The Kier molecular flexibility index (Phi) is 7.81. The van der Waals surface area contributed by atoms with Crippen LogP contribution >= 0.6 is 22.9 Å². The summed E-state index contributed by atoms with van der Waals surface area (Å²) in [6, 6.07) is 16.8. The highest BCUT2D eigenvalue weighted by atomic mass is 35.5. The lowest BCUT2D eigenvalue weighted by Gasteiger charge is -2.40. The standard InChI is InChI=1S/C28H30ClFN2O3S/c1-27(2,3)35-24(33)15-28(26-32-23(17-36-26)20-11-7-8-12-22(20)29)21(18-9-5-4-6-10-18)14-13-19(30)16-31-25(28)34/h4-12,17,19,21H,13-16H2,1-3H3,(H,31,34)/t19?,21-,28-/m0/s1. The Bertz CT molecular complexity index is 1230. The normalized spacial score (nSPS) is 22.9. The number of nitrogens with one attached hydrogen (secondary N) is 1. The van der Waals surface area contributed by atoms with Crippen LogP contribution in [0.1, 0.15) is 56.5 Å². The van der Waals surface area contributed by atoms with Crippen molar-refractivity contribution >= 4 is 34.8 Å². The Balaban J connectivity index is 1.90. The Morgan fingerprint density at radius 3 is 2.56 bits per heavy atom. The number of thiazole rings is 1. The summed E-state index contributed by atoms with van der Waals surface area (Å²) in [5, 5.41) is 5.64. The van der Waals surface area contributed by atoms with E-state index >= 15 is 0 Å². The summed E-state index contributed by atoms with van der Waals surface area (Å²) in [5.41, 5.74) is 0.0943. The molecule has 190 valence electrons. The van der Waals surface area contributed by atoms with E-state index < -0.39 is 35.0 Å². The second kappa shape index (κ2) is 10.7. The van der Waals surface area contributed by atoms with Crippen LogP contribution in [0, 0.1) is 0 Å². The minimum Gasteiger partial charge on any atom is -0.460 e. The van der Waals surface area contributed by atoms with Gasteiger partial charge in [0.2, 0.25) is 5.91 Å². The van der Waals surface area contributed by atoms with Crippen LogP contribution in [0.5, 0.6) is 0 Å². The molecular weight excluding hydrogens is 499 g/mol. The van der Waals surface area contributed by atoms with E-state index in [-0.39, 0.29) is 19.4 Å². The number of halogens is 2. The van der Waals surface area contributed by atoms with E-state index in [4.69, 9.17) is 21.3 Å². The molecule has 1 amide bonds. The molecule has 1 fully saturated rings. The highest BCUT2D eigenvalue weighted by Gasteiger charge is 2.53. The Morgan fingerprint density at radius 2 is 1.86 bits per heavy atom. The van der Waals surface area contributed by atoms with Gasteiger partial charge in [0.05, 0.1) is 12.1 Å². The first-order valence-corrected chi connectivity index (χ1v) is 13.3. The van der Waals surface area contributed by atoms with Crippen LogP contribution in [-0.4, -0.2) is 35.2 Å². The number of carbonyl (C=O) groups excluding carboxylic acids is 2. The summed E-state index contributed by atoms with van der Waals surface area (Å²) in [6.45, 7) is 5.25. The Hall–Kier alpha value is -2.77. The zero-order valence-electron chi connectivity index (χ0n) is 20.6. The Morgan fingerprint density at radius 1 is 1.17 bits per heavy atom. The fraction of sp³-hybridized carbons (Fsp3) is 0.393. The van der Waals surface area contributed by atoms with Crippen LogP contribution < -0.4 is 5.32 Å². The molecule has 1 N–H and O–H groups in total. The van der Waals surface area contributed by atoms with Gasteiger partial charge in [0.15, 0.2) is 0 Å². The summed E-state index contributed by atoms with van der Waals surface area (Å²) in [5.74, 6) is -1.43. The number of hydrogen-bond donors (Lipinski definition) is 1. The van der Waals surface area contributed by atoms with E-state index in [1.807, 2.05) is 53.9 Å². The van der Waals surface area contributed by atoms with Crippen molar-refractivity contribution in [2.75, 3.05) is 6.54 Å². The number of esters is 1. The number of carbonyl (C=O) groups is 2. The maximum atomic E-state index is 14.6. The number of alkyl halides is 1. The van der Waals surface area contributed by atoms with Gasteiger partial charge in [0.1, 0.15) is 22.2 Å². The molecule has 1 aromatic heterocycles. The van der Waals surface area contributed by atoms with E-state index in [2.05, 4.69) is 5.32 Å². The monoisotopic (exact) mass is 528 g/mol. The van der Waals surface area contributed by atoms with Gasteiger partial charge in [0.25, 0.3) is 0 Å². The molecule has 1 aliphatic rings. The van der Waals surface area contributed by atoms with Gasteiger partial charge in [-0.05, 0) is 45.2 Å². The molecular formula is C28H30ClFN2O3S. The summed E-state index contributed by atoms with van der Waals surface area (Å²) >= 11 is 7.74. The van der Waals surface area contributed by atoms with Gasteiger partial charge in [-0.3, -0.25) is 9.59 Å². The summed E-state index contributed by atoms with van der Waals surface area (Å²) in [4.78, 5) is 32.2. The van der Waals surface area contributed by atoms with E-state index in [1.165, 1.54) is 11.3 Å². The first-order valence-electron chi connectivity index (χ1n) is 12.0. The molecule has 2 aromatic carbocycles. The third-order valence-corrected chi connectivity index (χ3v) is 7.68. The molecule has 3 atom stereocenters. The minimum absolute atomic E-state index is 0.112. The molecule has 4 rings (SSSR count). The van der Waals surface area contributed by atoms with Gasteiger partial charge < -0.3 is 10.1 Å². The largest absolute Gasteiger partial charge is 0.460 e. The maximum absolute atomic E-state index is 14.6. The first kappa shape index (κ1) is 26.3. The predicted molar refractivity (Wildman–Crippen MR) is 141 cm³/mol. The minimum atomic E-state index is -1.38. The molecule has 5 nitrogen and oxygen atoms in total. The number of nitrogens with zero attached hydrogens (tertiary/aromatic N) is 1. The molecule has 1 aliphatic heterocycles. The third kappa shape index (κ3) is 5.62. The molecule has 0 spiro atoms. The van der Waals surface area contributed by atoms with Crippen molar-refractivity contribution in [2.45, 2.75) is 63.1 Å². The molecule has 36 heavy (non-hydrogen) atoms. The van der Waals surface area contributed by atoms with Crippen LogP contribution in [0.15, 0.2) is 60.0 Å². The van der Waals surface area contributed by atoms with Gasteiger partial charge in [0, 0.05) is 28.4 Å². The van der Waals surface area contributed by atoms with Gasteiger partial charge in [-0.25, -0.2) is 9.37 Å². The van der Waals surface area contributed by atoms with Crippen molar-refractivity contribution in [3.05, 3.63) is 75.6 Å². The highest BCUT2D eigenvalue weighted by Crippen LogP contribution is 2.48. The number of amides is 1. The predicted octanol–water partition coefficient (Wildman–Crippen LogP) is 6.47. The van der Waals surface area contributed by atoms with Gasteiger partial charge in [-0.2, -0.15) is 0 Å². The lowest BCUT2D eigenvalue weighted by atomic mass is 9.66. The fourth-order valence-corrected chi connectivity index (χ4v) is 6.06. The van der Waals surface area contributed by atoms with Crippen molar-refractivity contribution in [3.63, 3.8) is 0 Å². The van der Waals surface area contributed by atoms with Gasteiger partial charge in [-0.1, -0.05) is 60.1 Å². The lowest BCUT2D eigenvalue weighted by molar-refractivity contribution is -0.158. The molecule has 0 saturated carbocycles. The van der Waals surface area contributed by atoms with Gasteiger partial charge in [-0.15, -0.1) is 11.3 Å². The first-order chi connectivity index (χ1) is 17.1. The smallest absolute Gasteiger partial charge is 0.307 e. The molecule has 1 unspecified atom stereocenters. The maximum Gasteiger partial charge on any atom is 0.307 e. The summed E-state index contributed by atoms with van der Waals surface area (Å²) in [6.07, 6.45) is -0.766. The average molecular weight is 529 g/mol. The van der Waals surface area contributed by atoms with E-state index in [9.17, 15) is 14.0 Å². The molecule has 2 heterocycles. The van der Waals surface area contributed by atoms with Crippen LogP contribution in [0.3, 0.4) is 0 Å². The van der Waals surface area contributed by atoms with E-state index in [1.54, 1.807) is 26.8 Å². The van der Waals surface area contributed by atoms with Gasteiger partial charge >= 0.3 is 5.97 Å². The number of rotatable bonds is 5. The summed E-state index contributed by atoms with van der Waals surface area (Å²) in [7, 11) is 0. The topological polar surface area (TPSA) is 68.3 Å². The highest BCUT2D eigenvalue weighted by molar-refractivity contribution is 7.10. The molecule has 0 radical (unpaired) electrons. The van der Waals surface area contributed by atoms with Crippen LogP contribution in [-0.2, 0) is 19.7 Å². The fourth-order valence-electron chi connectivity index (χ4n) is 4.75. The number of hydrogen-bond acceptors (Lipinski definition) is 5. The van der Waals surface area contributed by atoms with Crippen LogP contribution in [0.2, 0.25) is 5.02 Å². The quantitative estimate of drug-likeness (QED) is 0.386. The van der Waals surface area contributed by atoms with Crippen LogP contribution in [0.25, 0.3) is 11.3 Å². The Labute approximate surface area is 220 Å². The number of benzene rings is 2. The second-order valence-corrected chi connectivity index (χ2v) is 11.4. The molecule has 1 saturated heterocycles. The lowest BCUT2D eigenvalue weighted by Crippen LogP contribution is -2.53. The number of ether oxygens (including phenoxy) is 1. The van der Waals surface area contributed by atoms with Crippen molar-refractivity contribution in [1.29, 1.82) is 0 Å². The SMILES string of the molecule is CC(C)(C)OC(=O)C[C@@]1(c2nc(-c3ccccc3Cl)cs2)C(=O)NCC(F)CC[C@H]1c1ccccc1. The van der Waals surface area contributed by atoms with Crippen molar-refractivity contribution < 1.29 is 18.7 Å². The second-order valence-electron chi connectivity index (χ2n) is 10.1. The molecule has 0 bridgehead atoms.